The van der Waals surface area contributed by atoms with Crippen LogP contribution in [0, 0.1) is 0 Å². The number of Topliss-reactive ketones (excluding diaryl/α,β-unsaturated/α-hetero) is 1. The van der Waals surface area contributed by atoms with Crippen molar-refractivity contribution in [2.45, 2.75) is 32.4 Å². The molecule has 1 nitrogen and oxygen atoms in total. The van der Waals surface area contributed by atoms with Crippen LogP contribution in [0.2, 0.25) is 0 Å². The summed E-state index contributed by atoms with van der Waals surface area (Å²) in [6.07, 6.45) is -5.32. The molecule has 0 saturated heterocycles. The predicted molar refractivity (Wildman–Crippen MR) is 55.3 cm³/mol. The molecule has 1 rings (SSSR count). The second-order valence-electron chi connectivity index (χ2n) is 3.95. The molecule has 0 aliphatic heterocycles. The molecule has 0 N–H and O–H groups in total. The van der Waals surface area contributed by atoms with Crippen molar-refractivity contribution < 1.29 is 18.0 Å². The van der Waals surface area contributed by atoms with Crippen molar-refractivity contribution in [2.75, 3.05) is 0 Å². The van der Waals surface area contributed by atoms with E-state index in [1.54, 1.807) is 24.3 Å². The van der Waals surface area contributed by atoms with Crippen molar-refractivity contribution in [3.63, 3.8) is 0 Å². The average Bonchev–Trinajstić information content (AvgIpc) is 2.16. The number of benzene rings is 1. The number of halogens is 3. The molecule has 16 heavy (non-hydrogen) atoms. The zero-order valence-corrected chi connectivity index (χ0v) is 9.14. The van der Waals surface area contributed by atoms with E-state index in [0.29, 0.717) is 5.56 Å². The third-order valence-electron chi connectivity index (χ3n) is 2.34. The third kappa shape index (κ3) is 3.08. The number of carbonyl (C=O) groups is 1. The lowest BCUT2D eigenvalue weighted by molar-refractivity contribution is -0.170. The van der Waals surface area contributed by atoms with E-state index in [0.717, 1.165) is 5.56 Å². The molecule has 0 radical (unpaired) electrons. The van der Waals surface area contributed by atoms with Crippen LogP contribution in [0.1, 0.15) is 30.9 Å². The second-order valence-corrected chi connectivity index (χ2v) is 3.95. The fourth-order valence-corrected chi connectivity index (χ4v) is 1.53. The Bertz CT molecular complexity index is 380. The lowest BCUT2D eigenvalue weighted by Crippen LogP contribution is -2.25. The van der Waals surface area contributed by atoms with Crippen LogP contribution in [0.4, 0.5) is 13.2 Å². The maximum Gasteiger partial charge on any atom is 0.450 e. The Morgan fingerprint density at radius 3 is 2.31 bits per heavy atom. The summed E-state index contributed by atoms with van der Waals surface area (Å²) < 4.78 is 36.4. The van der Waals surface area contributed by atoms with Crippen molar-refractivity contribution in [3.05, 3.63) is 35.4 Å². The minimum atomic E-state index is -4.75. The highest BCUT2D eigenvalue weighted by Gasteiger charge is 2.38. The normalized spacial score (nSPS) is 11.9. The van der Waals surface area contributed by atoms with E-state index < -0.39 is 18.4 Å². The van der Waals surface area contributed by atoms with Gasteiger partial charge in [0.2, 0.25) is 5.78 Å². The van der Waals surface area contributed by atoms with Crippen molar-refractivity contribution >= 4 is 5.78 Å². The summed E-state index contributed by atoms with van der Waals surface area (Å²) in [5.74, 6) is -1.59. The van der Waals surface area contributed by atoms with Gasteiger partial charge in [-0.25, -0.2) is 0 Å². The smallest absolute Gasteiger partial charge is 0.289 e. The lowest BCUT2D eigenvalue weighted by Gasteiger charge is -2.12. The first-order chi connectivity index (χ1) is 7.32. The number of rotatable bonds is 3. The highest BCUT2D eigenvalue weighted by Crippen LogP contribution is 2.23. The van der Waals surface area contributed by atoms with E-state index >= 15 is 0 Å². The van der Waals surface area contributed by atoms with Crippen LogP contribution in [-0.2, 0) is 11.2 Å². The number of hydrogen-bond acceptors (Lipinski definition) is 1. The summed E-state index contributed by atoms with van der Waals surface area (Å²) in [4.78, 5) is 10.9. The Balaban J connectivity index is 2.94. The Hall–Kier alpha value is -1.32. The van der Waals surface area contributed by atoms with Gasteiger partial charge in [0, 0.05) is 6.42 Å². The van der Waals surface area contributed by atoms with Crippen molar-refractivity contribution in [1.29, 1.82) is 0 Å². The molecule has 0 aromatic heterocycles. The largest absolute Gasteiger partial charge is 0.450 e. The average molecular weight is 230 g/mol. The van der Waals surface area contributed by atoms with Crippen LogP contribution in [0.15, 0.2) is 24.3 Å². The molecular formula is C12H13F3O. The van der Waals surface area contributed by atoms with Crippen LogP contribution in [0.3, 0.4) is 0 Å². The molecule has 1 aromatic carbocycles. The molecule has 0 spiro atoms. The molecule has 0 heterocycles. The van der Waals surface area contributed by atoms with Gasteiger partial charge in [0.1, 0.15) is 0 Å². The molecule has 0 aliphatic carbocycles. The number of ketones is 1. The predicted octanol–water partition coefficient (Wildman–Crippen LogP) is 3.48. The van der Waals surface area contributed by atoms with Crippen LogP contribution >= 0.6 is 0 Å². The first kappa shape index (κ1) is 12.7. The highest BCUT2D eigenvalue weighted by atomic mass is 19.4. The molecule has 0 fully saturated rings. The highest BCUT2D eigenvalue weighted by molar-refractivity contribution is 5.86. The Morgan fingerprint density at radius 2 is 1.81 bits per heavy atom. The number of hydrogen-bond donors (Lipinski definition) is 0. The molecule has 0 amide bonds. The van der Waals surface area contributed by atoms with Crippen LogP contribution in [-0.4, -0.2) is 12.0 Å². The van der Waals surface area contributed by atoms with Gasteiger partial charge in [0.25, 0.3) is 0 Å². The van der Waals surface area contributed by atoms with E-state index in [4.69, 9.17) is 0 Å². The minimum Gasteiger partial charge on any atom is -0.289 e. The maximum absolute atomic E-state index is 12.1. The molecule has 0 saturated carbocycles. The molecule has 88 valence electrons. The van der Waals surface area contributed by atoms with Gasteiger partial charge in [-0.3, -0.25) is 4.79 Å². The van der Waals surface area contributed by atoms with Gasteiger partial charge < -0.3 is 0 Å². The van der Waals surface area contributed by atoms with Crippen LogP contribution in [0.25, 0.3) is 0 Å². The molecule has 0 unspecified atom stereocenters. The Labute approximate surface area is 92.3 Å². The summed E-state index contributed by atoms with van der Waals surface area (Å²) >= 11 is 0. The van der Waals surface area contributed by atoms with Gasteiger partial charge in [0.05, 0.1) is 0 Å². The van der Waals surface area contributed by atoms with Gasteiger partial charge in [-0.15, -0.1) is 0 Å². The zero-order chi connectivity index (χ0) is 12.3. The topological polar surface area (TPSA) is 17.1 Å². The summed E-state index contributed by atoms with van der Waals surface area (Å²) in [6, 6.07) is 6.73. The van der Waals surface area contributed by atoms with Crippen molar-refractivity contribution in [2.24, 2.45) is 0 Å². The number of alkyl halides is 3. The molecule has 1 aromatic rings. The van der Waals surface area contributed by atoms with Gasteiger partial charge in [0.15, 0.2) is 0 Å². The van der Waals surface area contributed by atoms with E-state index in [2.05, 4.69) is 0 Å². The Kier molecular flexibility index (Phi) is 3.73. The summed E-state index contributed by atoms with van der Waals surface area (Å²) in [5.41, 5.74) is 1.25. The van der Waals surface area contributed by atoms with E-state index in [1.165, 1.54) is 0 Å². The number of carbonyl (C=O) groups excluding carboxylic acids is 1. The lowest BCUT2D eigenvalue weighted by atomic mass is 9.94. The summed E-state index contributed by atoms with van der Waals surface area (Å²) in [6.45, 7) is 3.77. The van der Waals surface area contributed by atoms with Crippen molar-refractivity contribution in [1.82, 2.24) is 0 Å². The van der Waals surface area contributed by atoms with Crippen molar-refractivity contribution in [3.8, 4) is 0 Å². The quantitative estimate of drug-likeness (QED) is 0.776. The monoisotopic (exact) mass is 230 g/mol. The summed E-state index contributed by atoms with van der Waals surface area (Å²) in [5, 5.41) is 0. The molecule has 0 atom stereocenters. The summed E-state index contributed by atoms with van der Waals surface area (Å²) in [7, 11) is 0. The molecule has 0 bridgehead atoms. The van der Waals surface area contributed by atoms with Crippen LogP contribution in [0.5, 0.6) is 0 Å². The Morgan fingerprint density at radius 1 is 1.25 bits per heavy atom. The fraction of sp³-hybridized carbons (Fsp3) is 0.417. The first-order valence-corrected chi connectivity index (χ1v) is 5.00. The molecular weight excluding hydrogens is 217 g/mol. The van der Waals surface area contributed by atoms with E-state index in [-0.39, 0.29) is 5.92 Å². The molecule has 4 heteroatoms. The SMILES string of the molecule is CC(C)c1ccccc1CC(=O)C(F)(F)F. The second kappa shape index (κ2) is 4.68. The van der Waals surface area contributed by atoms with Gasteiger partial charge in [-0.05, 0) is 17.0 Å². The maximum atomic E-state index is 12.1. The van der Waals surface area contributed by atoms with Crippen LogP contribution < -0.4 is 0 Å². The van der Waals surface area contributed by atoms with Gasteiger partial charge in [-0.2, -0.15) is 13.2 Å². The van der Waals surface area contributed by atoms with Gasteiger partial charge >= 0.3 is 6.18 Å². The first-order valence-electron chi connectivity index (χ1n) is 5.00. The van der Waals surface area contributed by atoms with E-state index in [1.807, 2.05) is 13.8 Å². The van der Waals surface area contributed by atoms with E-state index in [9.17, 15) is 18.0 Å². The zero-order valence-electron chi connectivity index (χ0n) is 9.14. The fourth-order valence-electron chi connectivity index (χ4n) is 1.53. The minimum absolute atomic E-state index is 0.109. The standard InChI is InChI=1S/C12H13F3O/c1-8(2)10-6-4-3-5-9(10)7-11(16)12(13,14)15/h3-6,8H,7H2,1-2H3. The molecule has 0 aliphatic rings. The van der Waals surface area contributed by atoms with Gasteiger partial charge in [-0.1, -0.05) is 38.1 Å². The third-order valence-corrected chi connectivity index (χ3v) is 2.34.